The fourth-order valence-electron chi connectivity index (χ4n) is 2.85. The molecule has 0 unspecified atom stereocenters. The van der Waals surface area contributed by atoms with Crippen LogP contribution in [0.25, 0.3) is 11.3 Å². The molecule has 2 heterocycles. The lowest BCUT2D eigenvalue weighted by atomic mass is 10.1. The summed E-state index contributed by atoms with van der Waals surface area (Å²) in [6.45, 7) is 8.57. The average Bonchev–Trinajstić information content (AvgIpc) is 2.62. The van der Waals surface area contributed by atoms with Crippen LogP contribution >= 0.6 is 0 Å². The van der Waals surface area contributed by atoms with Crippen LogP contribution in [0.1, 0.15) is 24.2 Å². The van der Waals surface area contributed by atoms with Gasteiger partial charge in [-0.05, 0) is 26.0 Å². The highest BCUT2D eigenvalue weighted by atomic mass is 16.1. The van der Waals surface area contributed by atoms with Crippen LogP contribution in [0, 0.1) is 0 Å². The first-order valence-corrected chi connectivity index (χ1v) is 8.06. The Kier molecular flexibility index (Phi) is 4.67. The second-order valence-electron chi connectivity index (χ2n) is 6.13. The average molecular weight is 310 g/mol. The van der Waals surface area contributed by atoms with Gasteiger partial charge in [0.25, 0.3) is 0 Å². The summed E-state index contributed by atoms with van der Waals surface area (Å²) in [5.41, 5.74) is 2.47. The molecule has 5 nitrogen and oxygen atoms in total. The molecule has 0 aliphatic carbocycles. The van der Waals surface area contributed by atoms with Gasteiger partial charge < -0.3 is 4.90 Å². The molecule has 1 aliphatic rings. The minimum Gasteiger partial charge on any atom is -0.353 e. The van der Waals surface area contributed by atoms with Gasteiger partial charge >= 0.3 is 0 Å². The standard InChI is InChI=1S/C18H22N4O/c1-14(2)21-9-11-22(12-10-21)18-8-7-17(19-20-18)16-5-3-15(13-23)4-6-16/h3-8,13-14H,9-12H2,1-2H3. The maximum absolute atomic E-state index is 10.7. The Balaban J connectivity index is 1.68. The highest BCUT2D eigenvalue weighted by molar-refractivity contribution is 5.76. The van der Waals surface area contributed by atoms with Crippen LogP contribution in [0.5, 0.6) is 0 Å². The zero-order valence-corrected chi connectivity index (χ0v) is 13.6. The van der Waals surface area contributed by atoms with Crippen molar-refractivity contribution < 1.29 is 4.79 Å². The second kappa shape index (κ2) is 6.87. The molecule has 0 N–H and O–H groups in total. The molecule has 0 radical (unpaired) electrons. The summed E-state index contributed by atoms with van der Waals surface area (Å²) in [6.07, 6.45) is 0.843. The number of nitrogens with zero attached hydrogens (tertiary/aromatic N) is 4. The number of aromatic nitrogens is 2. The number of benzene rings is 1. The van der Waals surface area contributed by atoms with Crippen molar-refractivity contribution >= 4 is 12.1 Å². The Bertz CT molecular complexity index is 644. The van der Waals surface area contributed by atoms with Gasteiger partial charge in [-0.3, -0.25) is 9.69 Å². The zero-order chi connectivity index (χ0) is 16.2. The Morgan fingerprint density at radius 3 is 2.17 bits per heavy atom. The highest BCUT2D eigenvalue weighted by Crippen LogP contribution is 2.20. The molecule has 0 bridgehead atoms. The van der Waals surface area contributed by atoms with Crippen molar-refractivity contribution in [1.82, 2.24) is 15.1 Å². The van der Waals surface area contributed by atoms with Crippen molar-refractivity contribution in [2.45, 2.75) is 19.9 Å². The van der Waals surface area contributed by atoms with Crippen molar-refractivity contribution in [3.8, 4) is 11.3 Å². The fraction of sp³-hybridized carbons (Fsp3) is 0.389. The van der Waals surface area contributed by atoms with E-state index in [4.69, 9.17) is 0 Å². The van der Waals surface area contributed by atoms with Crippen molar-refractivity contribution in [1.29, 1.82) is 0 Å². The van der Waals surface area contributed by atoms with Crippen molar-refractivity contribution in [3.63, 3.8) is 0 Å². The Labute approximate surface area is 136 Å². The molecule has 2 aromatic rings. The van der Waals surface area contributed by atoms with Gasteiger partial charge in [0.05, 0.1) is 5.69 Å². The lowest BCUT2D eigenvalue weighted by Crippen LogP contribution is -2.49. The summed E-state index contributed by atoms with van der Waals surface area (Å²) >= 11 is 0. The molecular formula is C18H22N4O. The van der Waals surface area contributed by atoms with Crippen LogP contribution < -0.4 is 4.90 Å². The van der Waals surface area contributed by atoms with Crippen LogP contribution in [0.15, 0.2) is 36.4 Å². The molecule has 120 valence electrons. The first-order valence-electron chi connectivity index (χ1n) is 8.06. The predicted molar refractivity (Wildman–Crippen MR) is 91.8 cm³/mol. The normalized spacial score (nSPS) is 15.9. The van der Waals surface area contributed by atoms with Gasteiger partial charge in [0.15, 0.2) is 5.82 Å². The lowest BCUT2D eigenvalue weighted by Gasteiger charge is -2.37. The van der Waals surface area contributed by atoms with E-state index in [1.54, 1.807) is 12.1 Å². The van der Waals surface area contributed by atoms with E-state index in [0.29, 0.717) is 11.6 Å². The number of hydrogen-bond donors (Lipinski definition) is 0. The van der Waals surface area contributed by atoms with Crippen LogP contribution in [0.4, 0.5) is 5.82 Å². The second-order valence-corrected chi connectivity index (χ2v) is 6.13. The van der Waals surface area contributed by atoms with Gasteiger partial charge in [0.1, 0.15) is 6.29 Å². The lowest BCUT2D eigenvalue weighted by molar-refractivity contribution is 0.112. The van der Waals surface area contributed by atoms with E-state index in [0.717, 1.165) is 49.5 Å². The molecule has 1 fully saturated rings. The topological polar surface area (TPSA) is 49.3 Å². The summed E-state index contributed by atoms with van der Waals surface area (Å²) in [5.74, 6) is 0.932. The van der Waals surface area contributed by atoms with Crippen molar-refractivity contribution in [2.24, 2.45) is 0 Å². The van der Waals surface area contributed by atoms with Gasteiger partial charge in [0.2, 0.25) is 0 Å². The molecule has 23 heavy (non-hydrogen) atoms. The largest absolute Gasteiger partial charge is 0.353 e. The number of piperazine rings is 1. The van der Waals surface area contributed by atoms with Crippen molar-refractivity contribution in [2.75, 3.05) is 31.1 Å². The highest BCUT2D eigenvalue weighted by Gasteiger charge is 2.19. The molecule has 1 aromatic carbocycles. The smallest absolute Gasteiger partial charge is 0.151 e. The third-order valence-electron chi connectivity index (χ3n) is 4.36. The predicted octanol–water partition coefficient (Wildman–Crippen LogP) is 2.49. The van der Waals surface area contributed by atoms with E-state index in [2.05, 4.69) is 33.8 Å². The maximum atomic E-state index is 10.7. The third kappa shape index (κ3) is 3.56. The molecule has 5 heteroatoms. The van der Waals surface area contributed by atoms with Crippen molar-refractivity contribution in [3.05, 3.63) is 42.0 Å². The number of rotatable bonds is 4. The fourth-order valence-corrected chi connectivity index (χ4v) is 2.85. The molecule has 1 aromatic heterocycles. The van der Waals surface area contributed by atoms with E-state index < -0.39 is 0 Å². The molecule has 0 spiro atoms. The van der Waals surface area contributed by atoms with Gasteiger partial charge in [-0.25, -0.2) is 0 Å². The number of carbonyl (C=O) groups excluding carboxylic acids is 1. The number of hydrogen-bond acceptors (Lipinski definition) is 5. The summed E-state index contributed by atoms with van der Waals surface area (Å²) in [7, 11) is 0. The molecule has 1 saturated heterocycles. The van der Waals surface area contributed by atoms with Gasteiger partial charge in [0, 0.05) is 43.3 Å². The Morgan fingerprint density at radius 1 is 0.957 bits per heavy atom. The summed E-state index contributed by atoms with van der Waals surface area (Å²) in [5, 5.41) is 8.72. The first-order chi connectivity index (χ1) is 11.2. The zero-order valence-electron chi connectivity index (χ0n) is 13.6. The van der Waals surface area contributed by atoms with E-state index in [1.807, 2.05) is 24.3 Å². The Hall–Kier alpha value is -2.27. The van der Waals surface area contributed by atoms with Gasteiger partial charge in [-0.1, -0.05) is 24.3 Å². The van der Waals surface area contributed by atoms with Gasteiger partial charge in [-0.2, -0.15) is 0 Å². The van der Waals surface area contributed by atoms with Crippen LogP contribution in [-0.4, -0.2) is 53.6 Å². The monoisotopic (exact) mass is 310 g/mol. The third-order valence-corrected chi connectivity index (χ3v) is 4.36. The quantitative estimate of drug-likeness (QED) is 0.812. The number of aldehydes is 1. The van der Waals surface area contributed by atoms with Crippen LogP contribution in [0.2, 0.25) is 0 Å². The van der Waals surface area contributed by atoms with E-state index in [9.17, 15) is 4.79 Å². The Morgan fingerprint density at radius 2 is 1.65 bits per heavy atom. The molecule has 1 aliphatic heterocycles. The minimum absolute atomic E-state index is 0.597. The molecule has 3 rings (SSSR count). The number of anilines is 1. The van der Waals surface area contributed by atoms with E-state index in [1.165, 1.54) is 0 Å². The van der Waals surface area contributed by atoms with Crippen LogP contribution in [-0.2, 0) is 0 Å². The summed E-state index contributed by atoms with van der Waals surface area (Å²) in [6, 6.07) is 12.0. The maximum Gasteiger partial charge on any atom is 0.151 e. The van der Waals surface area contributed by atoms with Gasteiger partial charge in [-0.15, -0.1) is 10.2 Å². The molecular weight excluding hydrogens is 288 g/mol. The van der Waals surface area contributed by atoms with E-state index >= 15 is 0 Å². The molecule has 0 amide bonds. The van der Waals surface area contributed by atoms with Crippen LogP contribution in [0.3, 0.4) is 0 Å². The minimum atomic E-state index is 0.597. The first kappa shape index (κ1) is 15.6. The number of carbonyl (C=O) groups is 1. The van der Waals surface area contributed by atoms with E-state index in [-0.39, 0.29) is 0 Å². The summed E-state index contributed by atoms with van der Waals surface area (Å²) < 4.78 is 0. The summed E-state index contributed by atoms with van der Waals surface area (Å²) in [4.78, 5) is 15.5. The SMILES string of the molecule is CC(C)N1CCN(c2ccc(-c3ccc(C=O)cc3)nn2)CC1. The molecule has 0 saturated carbocycles. The molecule has 0 atom stereocenters.